The van der Waals surface area contributed by atoms with Crippen LogP contribution >= 0.6 is 0 Å². The van der Waals surface area contributed by atoms with Crippen LogP contribution in [0.3, 0.4) is 0 Å². The summed E-state index contributed by atoms with van der Waals surface area (Å²) in [5, 5.41) is 0. The maximum absolute atomic E-state index is 13.9. The van der Waals surface area contributed by atoms with E-state index in [2.05, 4.69) is 0 Å². The Kier molecular flexibility index (Phi) is 3.97. The van der Waals surface area contributed by atoms with Gasteiger partial charge in [0, 0.05) is 19.1 Å². The second-order valence-corrected chi connectivity index (χ2v) is 4.88. The van der Waals surface area contributed by atoms with Gasteiger partial charge in [-0.1, -0.05) is 6.07 Å². The number of nitrogens with two attached hydrogens (primary N) is 1. The molecule has 18 heavy (non-hydrogen) atoms. The molecule has 1 aromatic carbocycles. The highest BCUT2D eigenvalue weighted by Gasteiger charge is 2.21. The molecule has 0 bridgehead atoms. The Morgan fingerprint density at radius 3 is 2.56 bits per heavy atom. The van der Waals surface area contributed by atoms with Gasteiger partial charge in [0.25, 0.3) is 5.91 Å². The van der Waals surface area contributed by atoms with Crippen LogP contribution in [0.4, 0.5) is 4.39 Å². The van der Waals surface area contributed by atoms with Gasteiger partial charge >= 0.3 is 0 Å². The summed E-state index contributed by atoms with van der Waals surface area (Å²) in [7, 11) is 0. The lowest BCUT2D eigenvalue weighted by atomic mass is 10.0. The van der Waals surface area contributed by atoms with Crippen LogP contribution in [0.25, 0.3) is 0 Å². The third kappa shape index (κ3) is 2.70. The molecular weight excluding hydrogens is 231 g/mol. The standard InChI is InChI=1S/C14H19FN2O/c1-10(16)11-5-6-12(13(15)9-11)14(18)17-7-3-2-4-8-17/h5-6,9-10H,2-4,7-8,16H2,1H3. The fourth-order valence-corrected chi connectivity index (χ4v) is 2.26. The van der Waals surface area contributed by atoms with Crippen molar-refractivity contribution in [3.8, 4) is 0 Å². The van der Waals surface area contributed by atoms with Crippen molar-refractivity contribution in [2.75, 3.05) is 13.1 Å². The monoisotopic (exact) mass is 250 g/mol. The molecule has 0 aliphatic carbocycles. The molecule has 1 aliphatic rings. The van der Waals surface area contributed by atoms with Gasteiger partial charge in [0.1, 0.15) is 5.82 Å². The van der Waals surface area contributed by atoms with Gasteiger partial charge in [-0.15, -0.1) is 0 Å². The number of nitrogens with zero attached hydrogens (tertiary/aromatic N) is 1. The number of halogens is 1. The topological polar surface area (TPSA) is 46.3 Å². The number of amides is 1. The average Bonchev–Trinajstić information content (AvgIpc) is 2.38. The minimum Gasteiger partial charge on any atom is -0.339 e. The molecule has 0 aromatic heterocycles. The smallest absolute Gasteiger partial charge is 0.256 e. The highest BCUT2D eigenvalue weighted by atomic mass is 19.1. The number of rotatable bonds is 2. The van der Waals surface area contributed by atoms with Crippen LogP contribution in [0.15, 0.2) is 18.2 Å². The van der Waals surface area contributed by atoms with E-state index in [4.69, 9.17) is 5.73 Å². The van der Waals surface area contributed by atoms with E-state index in [1.54, 1.807) is 24.0 Å². The van der Waals surface area contributed by atoms with E-state index in [9.17, 15) is 9.18 Å². The minimum atomic E-state index is -0.472. The molecule has 0 spiro atoms. The normalized spacial score (nSPS) is 17.6. The molecule has 2 N–H and O–H groups in total. The molecule has 4 heteroatoms. The number of hydrogen-bond acceptors (Lipinski definition) is 2. The Balaban J connectivity index is 2.19. The number of carbonyl (C=O) groups is 1. The zero-order chi connectivity index (χ0) is 13.1. The van der Waals surface area contributed by atoms with Crippen molar-refractivity contribution in [1.29, 1.82) is 0 Å². The third-order valence-electron chi connectivity index (χ3n) is 3.39. The Labute approximate surface area is 107 Å². The molecular formula is C14H19FN2O. The first-order valence-electron chi connectivity index (χ1n) is 6.44. The summed E-state index contributed by atoms with van der Waals surface area (Å²) in [4.78, 5) is 13.9. The van der Waals surface area contributed by atoms with Crippen molar-refractivity contribution in [2.24, 2.45) is 5.73 Å². The summed E-state index contributed by atoms with van der Waals surface area (Å²) in [6, 6.07) is 4.41. The fraction of sp³-hybridized carbons (Fsp3) is 0.500. The second kappa shape index (κ2) is 5.48. The molecule has 1 unspecified atom stereocenters. The molecule has 3 nitrogen and oxygen atoms in total. The first kappa shape index (κ1) is 13.0. The lowest BCUT2D eigenvalue weighted by Gasteiger charge is -2.27. The van der Waals surface area contributed by atoms with Crippen LogP contribution in [-0.2, 0) is 0 Å². The number of carbonyl (C=O) groups excluding carboxylic acids is 1. The van der Waals surface area contributed by atoms with Crippen molar-refractivity contribution < 1.29 is 9.18 Å². The fourth-order valence-electron chi connectivity index (χ4n) is 2.26. The number of hydrogen-bond donors (Lipinski definition) is 1. The van der Waals surface area contributed by atoms with Crippen molar-refractivity contribution >= 4 is 5.91 Å². The van der Waals surface area contributed by atoms with E-state index >= 15 is 0 Å². The Morgan fingerprint density at radius 2 is 2.00 bits per heavy atom. The average molecular weight is 250 g/mol. The van der Waals surface area contributed by atoms with Gasteiger partial charge in [-0.2, -0.15) is 0 Å². The second-order valence-electron chi connectivity index (χ2n) is 4.88. The highest BCUT2D eigenvalue weighted by molar-refractivity contribution is 5.94. The van der Waals surface area contributed by atoms with Crippen LogP contribution in [0, 0.1) is 5.82 Å². The van der Waals surface area contributed by atoms with Crippen LogP contribution in [0.2, 0.25) is 0 Å². The summed E-state index contributed by atoms with van der Waals surface area (Å²) in [5.41, 5.74) is 6.55. The Hall–Kier alpha value is -1.42. The molecule has 1 aromatic rings. The summed E-state index contributed by atoms with van der Waals surface area (Å²) in [6.45, 7) is 3.25. The highest BCUT2D eigenvalue weighted by Crippen LogP contribution is 2.18. The Bertz CT molecular complexity index is 439. The summed E-state index contributed by atoms with van der Waals surface area (Å²) >= 11 is 0. The maximum Gasteiger partial charge on any atom is 0.256 e. The maximum atomic E-state index is 13.9. The molecule has 1 aliphatic heterocycles. The number of likely N-dealkylation sites (tertiary alicyclic amines) is 1. The molecule has 1 atom stereocenters. The van der Waals surface area contributed by atoms with E-state index in [1.165, 1.54) is 6.07 Å². The van der Waals surface area contributed by atoms with Gasteiger partial charge < -0.3 is 10.6 Å². The molecule has 0 saturated carbocycles. The SMILES string of the molecule is CC(N)c1ccc(C(=O)N2CCCCC2)c(F)c1. The van der Waals surface area contributed by atoms with Crippen molar-refractivity contribution in [3.05, 3.63) is 35.1 Å². The van der Waals surface area contributed by atoms with Crippen molar-refractivity contribution in [2.45, 2.75) is 32.2 Å². The molecule has 1 amide bonds. The van der Waals surface area contributed by atoms with Gasteiger partial charge in [0.15, 0.2) is 0 Å². The van der Waals surface area contributed by atoms with Crippen molar-refractivity contribution in [3.63, 3.8) is 0 Å². The zero-order valence-corrected chi connectivity index (χ0v) is 10.7. The minimum absolute atomic E-state index is 0.154. The predicted octanol–water partition coefficient (Wildman–Crippen LogP) is 2.47. The summed E-state index contributed by atoms with van der Waals surface area (Å²) in [6.07, 6.45) is 3.16. The van der Waals surface area contributed by atoms with Crippen LogP contribution in [0.5, 0.6) is 0 Å². The van der Waals surface area contributed by atoms with Crippen molar-refractivity contribution in [1.82, 2.24) is 4.90 Å². The lowest BCUT2D eigenvalue weighted by Crippen LogP contribution is -2.36. The molecule has 1 heterocycles. The molecule has 1 fully saturated rings. The first-order valence-corrected chi connectivity index (χ1v) is 6.44. The third-order valence-corrected chi connectivity index (χ3v) is 3.39. The number of benzene rings is 1. The van der Waals surface area contributed by atoms with Gasteiger partial charge in [0.05, 0.1) is 5.56 Å². The van der Waals surface area contributed by atoms with Crippen LogP contribution in [-0.4, -0.2) is 23.9 Å². The largest absolute Gasteiger partial charge is 0.339 e. The van der Waals surface area contributed by atoms with E-state index in [-0.39, 0.29) is 17.5 Å². The summed E-state index contributed by atoms with van der Waals surface area (Å²) < 4.78 is 13.9. The van der Waals surface area contributed by atoms with E-state index in [0.29, 0.717) is 5.56 Å². The van der Waals surface area contributed by atoms with Crippen LogP contribution < -0.4 is 5.73 Å². The number of piperidine rings is 1. The molecule has 2 rings (SSSR count). The first-order chi connectivity index (χ1) is 8.59. The predicted molar refractivity (Wildman–Crippen MR) is 68.8 cm³/mol. The van der Waals surface area contributed by atoms with E-state index in [0.717, 1.165) is 32.4 Å². The quantitative estimate of drug-likeness (QED) is 0.876. The molecule has 1 saturated heterocycles. The van der Waals surface area contributed by atoms with Gasteiger partial charge in [-0.25, -0.2) is 4.39 Å². The van der Waals surface area contributed by atoms with Crippen LogP contribution in [0.1, 0.15) is 48.1 Å². The summed E-state index contributed by atoms with van der Waals surface area (Å²) in [5.74, 6) is -0.677. The van der Waals surface area contributed by atoms with Gasteiger partial charge in [0.2, 0.25) is 0 Å². The Morgan fingerprint density at radius 1 is 1.33 bits per heavy atom. The van der Waals surface area contributed by atoms with E-state index < -0.39 is 5.82 Å². The van der Waals surface area contributed by atoms with E-state index in [1.807, 2.05) is 0 Å². The molecule has 98 valence electrons. The lowest BCUT2D eigenvalue weighted by molar-refractivity contribution is 0.0719. The molecule has 0 radical (unpaired) electrons. The van der Waals surface area contributed by atoms with Gasteiger partial charge in [-0.3, -0.25) is 4.79 Å². The van der Waals surface area contributed by atoms with Gasteiger partial charge in [-0.05, 0) is 43.9 Å². The zero-order valence-electron chi connectivity index (χ0n) is 10.7.